The molecule has 96 valence electrons. The second-order valence-corrected chi connectivity index (χ2v) is 5.13. The van der Waals surface area contributed by atoms with Crippen molar-refractivity contribution in [3.8, 4) is 5.75 Å². The van der Waals surface area contributed by atoms with Crippen molar-refractivity contribution in [3.05, 3.63) is 23.5 Å². The van der Waals surface area contributed by atoms with Crippen molar-refractivity contribution in [1.82, 2.24) is 0 Å². The minimum absolute atomic E-state index is 0.331. The molecule has 3 nitrogen and oxygen atoms in total. The Kier molecular flexibility index (Phi) is 3.73. The average Bonchev–Trinajstić information content (AvgIpc) is 2.32. The number of rotatable bonds is 4. The number of halogens is 1. The maximum absolute atomic E-state index is 13.7. The molecule has 0 aliphatic heterocycles. The van der Waals surface area contributed by atoms with Crippen LogP contribution in [-0.4, -0.2) is 19.4 Å². The van der Waals surface area contributed by atoms with Gasteiger partial charge in [-0.15, -0.1) is 11.8 Å². The summed E-state index contributed by atoms with van der Waals surface area (Å²) in [5.41, 5.74) is 0.0172. The van der Waals surface area contributed by atoms with Crippen LogP contribution >= 0.6 is 11.8 Å². The van der Waals surface area contributed by atoms with Crippen LogP contribution in [0.4, 0.5) is 4.39 Å². The fourth-order valence-electron chi connectivity index (χ4n) is 2.32. The molecule has 0 heterocycles. The van der Waals surface area contributed by atoms with E-state index in [1.165, 1.54) is 23.9 Å². The van der Waals surface area contributed by atoms with Gasteiger partial charge in [-0.2, -0.15) is 4.99 Å². The molecule has 18 heavy (non-hydrogen) atoms. The monoisotopic (exact) mass is 267 g/mol. The summed E-state index contributed by atoms with van der Waals surface area (Å²) >= 11 is 1.41. The van der Waals surface area contributed by atoms with Gasteiger partial charge in [-0.25, -0.2) is 9.18 Å². The number of hydrogen-bond donors (Lipinski definition) is 0. The number of hydrogen-bond acceptors (Lipinski definition) is 4. The third kappa shape index (κ3) is 2.04. The largest absolute Gasteiger partial charge is 0.495 e. The molecule has 0 spiro atoms. The van der Waals surface area contributed by atoms with Crippen LogP contribution in [0.5, 0.6) is 5.75 Å². The van der Waals surface area contributed by atoms with E-state index in [0.29, 0.717) is 11.3 Å². The molecule has 1 aliphatic rings. The predicted octanol–water partition coefficient (Wildman–Crippen LogP) is 3.27. The van der Waals surface area contributed by atoms with Crippen LogP contribution in [0.3, 0.4) is 0 Å². The number of isocyanates is 1. The first-order valence-corrected chi connectivity index (χ1v) is 6.90. The van der Waals surface area contributed by atoms with Gasteiger partial charge in [-0.1, -0.05) is 0 Å². The molecule has 0 unspecified atom stereocenters. The van der Waals surface area contributed by atoms with Gasteiger partial charge in [0.15, 0.2) is 0 Å². The first-order chi connectivity index (χ1) is 8.66. The van der Waals surface area contributed by atoms with Gasteiger partial charge < -0.3 is 4.74 Å². The first-order valence-electron chi connectivity index (χ1n) is 5.68. The molecule has 1 fully saturated rings. The fraction of sp³-hybridized carbons (Fsp3) is 0.462. The van der Waals surface area contributed by atoms with Gasteiger partial charge in [0.2, 0.25) is 6.08 Å². The number of carbonyl (C=O) groups excluding carboxylic acids is 1. The van der Waals surface area contributed by atoms with E-state index in [9.17, 15) is 9.18 Å². The van der Waals surface area contributed by atoms with Crippen molar-refractivity contribution in [2.24, 2.45) is 4.99 Å². The Hall–Kier alpha value is -1.32. The molecule has 0 N–H and O–H groups in total. The number of thioether (sulfide) groups is 1. The second-order valence-electron chi connectivity index (χ2n) is 4.28. The number of ether oxygens (including phenoxy) is 1. The van der Waals surface area contributed by atoms with Crippen molar-refractivity contribution in [2.75, 3.05) is 13.4 Å². The quantitative estimate of drug-likeness (QED) is 0.477. The number of aliphatic imine (C=N–C) groups is 1. The maximum atomic E-state index is 13.7. The van der Waals surface area contributed by atoms with Crippen LogP contribution in [0, 0.1) is 5.82 Å². The molecular weight excluding hydrogens is 253 g/mol. The highest BCUT2D eigenvalue weighted by atomic mass is 32.2. The normalized spacial score (nSPS) is 16.6. The molecule has 0 aromatic heterocycles. The molecule has 5 heteroatoms. The highest BCUT2D eigenvalue weighted by Crippen LogP contribution is 2.50. The average molecular weight is 267 g/mol. The van der Waals surface area contributed by atoms with Gasteiger partial charge in [-0.05, 0) is 37.7 Å². The summed E-state index contributed by atoms with van der Waals surface area (Å²) in [4.78, 5) is 15.2. The van der Waals surface area contributed by atoms with Crippen LogP contribution < -0.4 is 4.74 Å². The summed E-state index contributed by atoms with van der Waals surface area (Å²) in [6.07, 6.45) is 5.90. The zero-order valence-corrected chi connectivity index (χ0v) is 11.1. The van der Waals surface area contributed by atoms with E-state index < -0.39 is 5.54 Å². The first kappa shape index (κ1) is 13.1. The molecule has 1 aromatic rings. The standard InChI is InChI=1S/C13H14FNO2S/c1-17-12-10(6-9(14)7-11(12)18-2)13(15-8-16)4-3-5-13/h6-7H,3-5H2,1-2H3. The van der Waals surface area contributed by atoms with Gasteiger partial charge in [0.25, 0.3) is 0 Å². The third-order valence-corrected chi connectivity index (χ3v) is 4.13. The lowest BCUT2D eigenvalue weighted by Crippen LogP contribution is -2.32. The molecule has 2 rings (SSSR count). The minimum Gasteiger partial charge on any atom is -0.495 e. The van der Waals surface area contributed by atoms with Crippen LogP contribution in [0.1, 0.15) is 24.8 Å². The van der Waals surface area contributed by atoms with Crippen LogP contribution in [-0.2, 0) is 10.3 Å². The molecular formula is C13H14FNO2S. The summed E-state index contributed by atoms with van der Waals surface area (Å²) in [6.45, 7) is 0. The van der Waals surface area contributed by atoms with Gasteiger partial charge in [0.05, 0.1) is 12.0 Å². The topological polar surface area (TPSA) is 38.7 Å². The number of benzene rings is 1. The van der Waals surface area contributed by atoms with Crippen LogP contribution in [0.15, 0.2) is 22.0 Å². The predicted molar refractivity (Wildman–Crippen MR) is 68.4 cm³/mol. The van der Waals surface area contributed by atoms with Gasteiger partial charge >= 0.3 is 0 Å². The molecule has 0 radical (unpaired) electrons. The fourth-order valence-corrected chi connectivity index (χ4v) is 2.93. The Bertz CT molecular complexity index is 508. The zero-order chi connectivity index (χ0) is 13.2. The molecule has 1 aliphatic carbocycles. The SMILES string of the molecule is COc1c(SC)cc(F)cc1C1(N=C=O)CCC1. The van der Waals surface area contributed by atoms with Crippen LogP contribution in [0.2, 0.25) is 0 Å². The molecule has 0 saturated heterocycles. The molecule has 0 amide bonds. The second kappa shape index (κ2) is 5.12. The van der Waals surface area contributed by atoms with E-state index in [-0.39, 0.29) is 5.82 Å². The highest BCUT2D eigenvalue weighted by Gasteiger charge is 2.42. The van der Waals surface area contributed by atoms with Crippen molar-refractivity contribution < 1.29 is 13.9 Å². The molecule has 1 saturated carbocycles. The Morgan fingerprint density at radius 2 is 2.22 bits per heavy atom. The van der Waals surface area contributed by atoms with Crippen molar-refractivity contribution in [2.45, 2.75) is 29.7 Å². The van der Waals surface area contributed by atoms with Gasteiger partial charge in [0.1, 0.15) is 17.1 Å². The van der Waals surface area contributed by atoms with E-state index >= 15 is 0 Å². The van der Waals surface area contributed by atoms with E-state index in [0.717, 1.165) is 24.2 Å². The molecule has 1 aromatic carbocycles. The van der Waals surface area contributed by atoms with Crippen molar-refractivity contribution in [1.29, 1.82) is 0 Å². The minimum atomic E-state index is -0.639. The van der Waals surface area contributed by atoms with E-state index in [1.807, 2.05) is 6.26 Å². The summed E-state index contributed by atoms with van der Waals surface area (Å²) < 4.78 is 19.0. The van der Waals surface area contributed by atoms with E-state index in [1.54, 1.807) is 13.2 Å². The number of nitrogens with zero attached hydrogens (tertiary/aromatic N) is 1. The van der Waals surface area contributed by atoms with Crippen molar-refractivity contribution in [3.63, 3.8) is 0 Å². The highest BCUT2D eigenvalue weighted by molar-refractivity contribution is 7.98. The van der Waals surface area contributed by atoms with E-state index in [2.05, 4.69) is 4.99 Å². The molecule has 0 bridgehead atoms. The maximum Gasteiger partial charge on any atom is 0.235 e. The Morgan fingerprint density at radius 3 is 2.67 bits per heavy atom. The van der Waals surface area contributed by atoms with E-state index in [4.69, 9.17) is 4.74 Å². The Balaban J connectivity index is 2.61. The van der Waals surface area contributed by atoms with Gasteiger partial charge in [0, 0.05) is 5.56 Å². The lowest BCUT2D eigenvalue weighted by Gasteiger charge is -2.38. The zero-order valence-electron chi connectivity index (χ0n) is 10.3. The van der Waals surface area contributed by atoms with Gasteiger partial charge in [-0.3, -0.25) is 0 Å². The number of methoxy groups -OCH3 is 1. The summed E-state index contributed by atoms with van der Waals surface area (Å²) in [6, 6.07) is 2.85. The van der Waals surface area contributed by atoms with Crippen LogP contribution in [0.25, 0.3) is 0 Å². The Labute approximate surface area is 109 Å². The Morgan fingerprint density at radius 1 is 1.50 bits per heavy atom. The smallest absolute Gasteiger partial charge is 0.235 e. The summed E-state index contributed by atoms with van der Waals surface area (Å²) in [5.74, 6) is 0.283. The van der Waals surface area contributed by atoms with Crippen molar-refractivity contribution >= 4 is 17.8 Å². The summed E-state index contributed by atoms with van der Waals surface area (Å²) in [5, 5.41) is 0. The third-order valence-electron chi connectivity index (χ3n) is 3.39. The summed E-state index contributed by atoms with van der Waals surface area (Å²) in [7, 11) is 1.55. The lowest BCUT2D eigenvalue weighted by atomic mass is 9.72. The lowest BCUT2D eigenvalue weighted by molar-refractivity contribution is 0.243. The molecule has 0 atom stereocenters.